The first kappa shape index (κ1) is 31.4. The number of ketones is 1. The van der Waals surface area contributed by atoms with Crippen molar-refractivity contribution in [3.63, 3.8) is 0 Å². The lowest BCUT2D eigenvalue weighted by atomic mass is 9.51. The molecule has 6 rings (SSSR count). The molecule has 1 aromatic rings. The second-order valence-electron chi connectivity index (χ2n) is 13.7. The van der Waals surface area contributed by atoms with Gasteiger partial charge in [0, 0.05) is 37.4 Å². The van der Waals surface area contributed by atoms with E-state index in [2.05, 4.69) is 13.0 Å². The number of ether oxygens (including phenoxy) is 5. The number of aliphatic hydroxyl groups is 3. The van der Waals surface area contributed by atoms with Crippen LogP contribution in [-0.4, -0.2) is 89.6 Å². The highest BCUT2D eigenvalue weighted by atomic mass is 16.7. The highest BCUT2D eigenvalue weighted by molar-refractivity contribution is 5.89. The Morgan fingerprint density at radius 3 is 2.42 bits per heavy atom. The van der Waals surface area contributed by atoms with Gasteiger partial charge in [-0.25, -0.2) is 0 Å². The Morgan fingerprint density at radius 1 is 0.977 bits per heavy atom. The highest BCUT2D eigenvalue weighted by Crippen LogP contribution is 2.58. The summed E-state index contributed by atoms with van der Waals surface area (Å²) in [5.41, 5.74) is 2.03. The van der Waals surface area contributed by atoms with Crippen molar-refractivity contribution >= 4 is 5.78 Å². The SMILES string of the molecule is CO[C@H]1C[C@H](O[C@@H]2CC3=CC[C@H]4C(=O)[C@@H](c5ccoc5C)CC[C@@H]4[C@@]3(C)C[C@H]2O)O[C@H](C)[C@H]1O[C@H]1C[C@H](O)[C@H](O)[C@@H](C)O1. The molecule has 3 heterocycles. The molecule has 14 atom stereocenters. The topological polar surface area (TPSA) is 137 Å². The van der Waals surface area contributed by atoms with Crippen molar-refractivity contribution in [3.8, 4) is 0 Å². The highest BCUT2D eigenvalue weighted by Gasteiger charge is 2.54. The first-order valence-electron chi connectivity index (χ1n) is 16.0. The minimum Gasteiger partial charge on any atom is -0.469 e. The van der Waals surface area contributed by atoms with Gasteiger partial charge in [-0.2, -0.15) is 0 Å². The van der Waals surface area contributed by atoms with Gasteiger partial charge in [-0.15, -0.1) is 0 Å². The summed E-state index contributed by atoms with van der Waals surface area (Å²) in [5, 5.41) is 31.6. The van der Waals surface area contributed by atoms with Crippen LogP contribution in [0.15, 0.2) is 28.4 Å². The van der Waals surface area contributed by atoms with Crippen LogP contribution in [0, 0.1) is 24.2 Å². The molecule has 4 fully saturated rings. The molecule has 0 radical (unpaired) electrons. The van der Waals surface area contributed by atoms with Crippen molar-refractivity contribution in [2.45, 2.75) is 140 Å². The van der Waals surface area contributed by atoms with Crippen LogP contribution in [0.1, 0.15) is 83.0 Å². The molecule has 0 aromatic carbocycles. The molecule has 1 aromatic heterocycles. The zero-order valence-electron chi connectivity index (χ0n) is 25.9. The van der Waals surface area contributed by atoms with Gasteiger partial charge in [-0.3, -0.25) is 4.79 Å². The number of Topliss-reactive ketones (excluding diaryl/α,β-unsaturated/α-hetero) is 1. The molecular formula is C33H48O10. The molecule has 43 heavy (non-hydrogen) atoms. The minimum atomic E-state index is -0.952. The number of hydrogen-bond donors (Lipinski definition) is 3. The van der Waals surface area contributed by atoms with Crippen LogP contribution in [-0.2, 0) is 28.5 Å². The first-order chi connectivity index (χ1) is 20.5. The van der Waals surface area contributed by atoms with Crippen LogP contribution in [0.4, 0.5) is 0 Å². The Balaban J connectivity index is 1.09. The molecular weight excluding hydrogens is 556 g/mol. The molecule has 240 valence electrons. The fourth-order valence-corrected chi connectivity index (χ4v) is 8.65. The van der Waals surface area contributed by atoms with E-state index in [4.69, 9.17) is 28.1 Å². The zero-order chi connectivity index (χ0) is 30.6. The van der Waals surface area contributed by atoms with Gasteiger partial charge in [0.25, 0.3) is 0 Å². The van der Waals surface area contributed by atoms with Crippen molar-refractivity contribution in [1.29, 1.82) is 0 Å². The van der Waals surface area contributed by atoms with Gasteiger partial charge in [0.05, 0.1) is 42.9 Å². The van der Waals surface area contributed by atoms with Crippen LogP contribution in [0.3, 0.4) is 0 Å². The number of carbonyl (C=O) groups is 1. The Morgan fingerprint density at radius 2 is 1.72 bits per heavy atom. The van der Waals surface area contributed by atoms with E-state index in [1.807, 2.05) is 19.9 Å². The third-order valence-corrected chi connectivity index (χ3v) is 11.1. The normalized spacial score (nSPS) is 47.0. The van der Waals surface area contributed by atoms with E-state index in [1.54, 1.807) is 20.3 Å². The van der Waals surface area contributed by atoms with Gasteiger partial charge >= 0.3 is 0 Å². The van der Waals surface area contributed by atoms with Crippen molar-refractivity contribution in [2.75, 3.05) is 7.11 Å². The Kier molecular flexibility index (Phi) is 8.96. The number of aliphatic hydroxyl groups excluding tert-OH is 3. The summed E-state index contributed by atoms with van der Waals surface area (Å²) in [6.07, 6.45) is 2.04. The summed E-state index contributed by atoms with van der Waals surface area (Å²) < 4.78 is 35.9. The van der Waals surface area contributed by atoms with E-state index in [0.29, 0.717) is 25.0 Å². The summed E-state index contributed by atoms with van der Waals surface area (Å²) in [6.45, 7) is 7.74. The molecule has 0 unspecified atom stereocenters. The smallest absolute Gasteiger partial charge is 0.161 e. The maximum atomic E-state index is 13.7. The fraction of sp³-hybridized carbons (Fsp3) is 0.788. The average Bonchev–Trinajstić information content (AvgIpc) is 3.39. The molecule has 3 aliphatic carbocycles. The summed E-state index contributed by atoms with van der Waals surface area (Å²) in [5.74, 6) is 1.17. The molecule has 10 heteroatoms. The molecule has 3 N–H and O–H groups in total. The van der Waals surface area contributed by atoms with E-state index in [1.165, 1.54) is 5.57 Å². The van der Waals surface area contributed by atoms with Crippen LogP contribution in [0.5, 0.6) is 0 Å². The minimum absolute atomic E-state index is 0.0473. The number of allylic oxidation sites excluding steroid dienone is 1. The van der Waals surface area contributed by atoms with Gasteiger partial charge in [0.2, 0.25) is 0 Å². The van der Waals surface area contributed by atoms with Gasteiger partial charge < -0.3 is 43.4 Å². The summed E-state index contributed by atoms with van der Waals surface area (Å²) in [7, 11) is 1.62. The van der Waals surface area contributed by atoms with Crippen LogP contribution >= 0.6 is 0 Å². The quantitative estimate of drug-likeness (QED) is 0.414. The summed E-state index contributed by atoms with van der Waals surface area (Å²) in [6, 6.07) is 1.94. The lowest BCUT2D eigenvalue weighted by Crippen LogP contribution is -2.56. The standard InChI is InChI=1S/C33H48O10/c1-16-20(10-11-39-16)21-8-9-23-22(31(21)37)7-6-19-12-26(25(35)15-33(19,23)4)42-29-14-27(38-5)32(18(3)41-29)43-28-13-24(34)30(36)17(2)40-28/h6,10-11,17-18,21-30,32,34-36H,7-9,12-15H2,1-5H3/t17-,18-,21-,22-,23+,24+,25-,26-,27+,28+,29+,30-,32-,33+/m1/s1. The maximum absolute atomic E-state index is 13.7. The van der Waals surface area contributed by atoms with E-state index in [-0.39, 0.29) is 35.7 Å². The molecule has 2 aliphatic heterocycles. The second-order valence-corrected chi connectivity index (χ2v) is 13.7. The third kappa shape index (κ3) is 5.78. The number of carbonyl (C=O) groups excluding carboxylic acids is 1. The van der Waals surface area contributed by atoms with Crippen molar-refractivity contribution in [1.82, 2.24) is 0 Å². The number of rotatable bonds is 6. The Labute approximate surface area is 253 Å². The van der Waals surface area contributed by atoms with E-state index in [9.17, 15) is 20.1 Å². The average molecular weight is 605 g/mol. The molecule has 0 bridgehead atoms. The lowest BCUT2D eigenvalue weighted by Gasteiger charge is -2.54. The first-order valence-corrected chi connectivity index (χ1v) is 16.0. The van der Waals surface area contributed by atoms with Gasteiger partial charge in [0.15, 0.2) is 12.6 Å². The van der Waals surface area contributed by atoms with Crippen molar-refractivity contribution in [2.24, 2.45) is 17.3 Å². The molecule has 10 nitrogen and oxygen atoms in total. The largest absolute Gasteiger partial charge is 0.469 e. The monoisotopic (exact) mass is 604 g/mol. The number of aryl methyl sites for hydroxylation is 1. The predicted molar refractivity (Wildman–Crippen MR) is 154 cm³/mol. The lowest BCUT2D eigenvalue weighted by molar-refractivity contribution is -0.321. The molecule has 5 aliphatic rings. The van der Waals surface area contributed by atoms with Crippen LogP contribution < -0.4 is 0 Å². The van der Waals surface area contributed by atoms with Gasteiger partial charge in [0.1, 0.15) is 23.8 Å². The van der Waals surface area contributed by atoms with Crippen LogP contribution in [0.2, 0.25) is 0 Å². The Hall–Kier alpha value is -1.63. The number of hydrogen-bond acceptors (Lipinski definition) is 10. The van der Waals surface area contributed by atoms with E-state index >= 15 is 0 Å². The number of fused-ring (bicyclic) bond motifs is 3. The molecule has 2 saturated heterocycles. The van der Waals surface area contributed by atoms with Gasteiger partial charge in [-0.1, -0.05) is 18.6 Å². The molecule has 0 spiro atoms. The van der Waals surface area contributed by atoms with E-state index < -0.39 is 55.3 Å². The molecule has 2 saturated carbocycles. The third-order valence-electron chi connectivity index (χ3n) is 11.1. The van der Waals surface area contributed by atoms with Gasteiger partial charge in [-0.05, 0) is 70.3 Å². The molecule has 0 amide bonds. The summed E-state index contributed by atoms with van der Waals surface area (Å²) in [4.78, 5) is 13.7. The maximum Gasteiger partial charge on any atom is 0.161 e. The Bertz CT molecular complexity index is 1170. The predicted octanol–water partition coefficient (Wildman–Crippen LogP) is 3.54. The number of furan rings is 1. The number of methoxy groups -OCH3 is 1. The zero-order valence-corrected chi connectivity index (χ0v) is 25.9. The van der Waals surface area contributed by atoms with E-state index in [0.717, 1.165) is 30.6 Å². The fourth-order valence-electron chi connectivity index (χ4n) is 8.65. The second kappa shape index (κ2) is 12.3. The van der Waals surface area contributed by atoms with Crippen molar-refractivity contribution in [3.05, 3.63) is 35.3 Å². The van der Waals surface area contributed by atoms with Crippen LogP contribution in [0.25, 0.3) is 0 Å². The summed E-state index contributed by atoms with van der Waals surface area (Å²) >= 11 is 0. The van der Waals surface area contributed by atoms with Crippen molar-refractivity contribution < 1.29 is 48.2 Å².